The highest BCUT2D eigenvalue weighted by Gasteiger charge is 2.62. The lowest BCUT2D eigenvalue weighted by molar-refractivity contribution is -0.0321. The molecule has 0 saturated carbocycles. The van der Waals surface area contributed by atoms with E-state index in [4.69, 9.17) is 22.4 Å². The number of hydrogen-bond donors (Lipinski definition) is 0. The van der Waals surface area contributed by atoms with Crippen LogP contribution in [0.1, 0.15) is 55.4 Å². The van der Waals surface area contributed by atoms with Gasteiger partial charge in [0.2, 0.25) is 0 Å². The second-order valence-corrected chi connectivity index (χ2v) is 19.4. The van der Waals surface area contributed by atoms with Gasteiger partial charge >= 0.3 is 22.4 Å². The summed E-state index contributed by atoms with van der Waals surface area (Å²) in [5.74, 6) is 0. The predicted molar refractivity (Wildman–Crippen MR) is 132 cm³/mol. The van der Waals surface area contributed by atoms with Crippen molar-refractivity contribution in [2.45, 2.75) is 102 Å². The number of fused-ring (bicyclic) bond motifs is 1. The Morgan fingerprint density at radius 3 is 2.00 bits per heavy atom. The fourth-order valence-electron chi connectivity index (χ4n) is 4.62. The van der Waals surface area contributed by atoms with Gasteiger partial charge in [0.1, 0.15) is 18.3 Å². The minimum Gasteiger partial charge on any atom is -0.449 e. The Balaban J connectivity index is 2.55. The molecule has 30 heavy (non-hydrogen) atoms. The van der Waals surface area contributed by atoms with E-state index in [9.17, 15) is 4.79 Å². The summed E-state index contributed by atoms with van der Waals surface area (Å²) >= 11 is 1.06. The molecule has 5 atom stereocenters. The van der Waals surface area contributed by atoms with E-state index < -0.39 is 29.3 Å². The van der Waals surface area contributed by atoms with E-state index in [0.29, 0.717) is 6.61 Å². The van der Waals surface area contributed by atoms with Crippen LogP contribution < -0.4 is 0 Å². The molecular formula is C19H39BO6PSSi2. The monoisotopic (exact) mass is 493 g/mol. The lowest BCUT2D eigenvalue weighted by Gasteiger charge is -2.51. The van der Waals surface area contributed by atoms with Gasteiger partial charge in [-0.25, -0.2) is 4.79 Å². The molecular weight excluding hydrogens is 454 g/mol. The minimum atomic E-state index is -2.77. The zero-order valence-electron chi connectivity index (χ0n) is 19.8. The van der Waals surface area contributed by atoms with Gasteiger partial charge in [-0.15, -0.1) is 0 Å². The zero-order chi connectivity index (χ0) is 22.9. The number of thioether (sulfide) groups is 1. The number of ether oxygens (including phenoxy) is 2. The first-order valence-electron chi connectivity index (χ1n) is 10.9. The molecule has 11 heteroatoms. The van der Waals surface area contributed by atoms with Gasteiger partial charge in [0.25, 0.3) is 0 Å². The lowest BCUT2D eigenvalue weighted by Crippen LogP contribution is -2.66. The second kappa shape index (κ2) is 10.7. The summed E-state index contributed by atoms with van der Waals surface area (Å²) in [6, 6.07) is -0.358. The molecule has 2 fully saturated rings. The molecule has 2 aliphatic rings. The van der Waals surface area contributed by atoms with Crippen LogP contribution in [-0.4, -0.2) is 66.6 Å². The number of hydrogen-bond acceptors (Lipinski definition) is 7. The van der Waals surface area contributed by atoms with E-state index in [1.807, 2.05) is 7.00 Å². The average molecular weight is 494 g/mol. The Morgan fingerprint density at radius 1 is 1.03 bits per heavy atom. The van der Waals surface area contributed by atoms with Gasteiger partial charge in [-0.3, -0.25) is 0 Å². The topological polar surface area (TPSA) is 63.2 Å². The third-order valence-corrected chi connectivity index (χ3v) is 17.3. The molecule has 0 aromatic heterocycles. The fourth-order valence-corrected chi connectivity index (χ4v) is 16.3. The first-order chi connectivity index (χ1) is 13.9. The Hall–Kier alpha value is 0.589. The van der Waals surface area contributed by atoms with Crippen LogP contribution in [0.4, 0.5) is 4.79 Å². The highest BCUT2D eigenvalue weighted by molar-refractivity contribution is 8.12. The van der Waals surface area contributed by atoms with E-state index in [1.165, 1.54) is 0 Å². The summed E-state index contributed by atoms with van der Waals surface area (Å²) in [6.45, 7) is 19.8. The van der Waals surface area contributed by atoms with Gasteiger partial charge in [-0.1, -0.05) is 55.4 Å². The normalized spacial score (nSPS) is 31.0. The van der Waals surface area contributed by atoms with Crippen LogP contribution in [0.2, 0.25) is 22.2 Å². The minimum absolute atomic E-state index is 0.208. The lowest BCUT2D eigenvalue weighted by atomic mass is 9.91. The van der Waals surface area contributed by atoms with Gasteiger partial charge in [-0.05, 0) is 40.2 Å². The predicted octanol–water partition coefficient (Wildman–Crippen LogP) is 5.03. The molecule has 0 aromatic rings. The molecule has 173 valence electrons. The van der Waals surface area contributed by atoms with Crippen LogP contribution >= 0.6 is 20.9 Å². The molecule has 2 heterocycles. The number of carbonyl (C=O) groups is 1. The van der Waals surface area contributed by atoms with Crippen LogP contribution in [0.15, 0.2) is 0 Å². The van der Waals surface area contributed by atoms with Crippen molar-refractivity contribution in [1.29, 1.82) is 0 Å². The van der Waals surface area contributed by atoms with Gasteiger partial charge in [-0.2, -0.15) is 9.12 Å². The van der Waals surface area contributed by atoms with Crippen molar-refractivity contribution in [3.05, 3.63) is 0 Å². The molecule has 0 aliphatic carbocycles. The summed E-state index contributed by atoms with van der Waals surface area (Å²) in [7, 11) is -2.80. The van der Waals surface area contributed by atoms with Crippen molar-refractivity contribution in [2.75, 3.05) is 12.9 Å². The zero-order valence-corrected chi connectivity index (χ0v) is 23.8. The Bertz CT molecular complexity index is 581. The third kappa shape index (κ3) is 5.06. The van der Waals surface area contributed by atoms with Crippen molar-refractivity contribution in [3.8, 4) is 0 Å². The first kappa shape index (κ1) is 26.8. The first-order valence-corrected chi connectivity index (χ1v) is 16.8. The molecule has 2 unspecified atom stereocenters. The van der Waals surface area contributed by atoms with Crippen LogP contribution in [-0.2, 0) is 22.4 Å². The molecule has 6 nitrogen and oxygen atoms in total. The standard InChI is InChI=1S/C19H39BO6PSSi2/c1-11(2)29(12(3)4)22-10-15-16(25-30(26-29,13(5)6)14(7)8)17(18(20-27)23-15)24-19(21)28-9/h11-18H,10,27H2,1-9H3/t15-,16-,17?,18+/m0/s1. The fraction of sp³-hybridized carbons (Fsp3) is 0.947. The molecule has 2 saturated heterocycles. The highest BCUT2D eigenvalue weighted by atomic mass is 32.2. The molecule has 2 aliphatic heterocycles. The van der Waals surface area contributed by atoms with Gasteiger partial charge < -0.3 is 22.4 Å². The van der Waals surface area contributed by atoms with Gasteiger partial charge in [0, 0.05) is 0 Å². The molecule has 0 N–H and O–H groups in total. The van der Waals surface area contributed by atoms with E-state index in [1.54, 1.807) is 6.26 Å². The SMILES string of the molecule is CSC(=O)OC1[C@H]([B]P)O[C@H]2CO[Si](C(C)C)(C(C)C)O[Si](C(C)C)(C(C)C)O[C@H]12. The van der Waals surface area contributed by atoms with Crippen LogP contribution in [0, 0.1) is 0 Å². The van der Waals surface area contributed by atoms with Crippen molar-refractivity contribution < 1.29 is 27.2 Å². The molecule has 0 bridgehead atoms. The summed E-state index contributed by atoms with van der Waals surface area (Å²) in [4.78, 5) is 12.1. The summed E-state index contributed by atoms with van der Waals surface area (Å²) < 4.78 is 33.0. The Kier molecular flexibility index (Phi) is 9.55. The largest absolute Gasteiger partial charge is 0.449 e. The number of rotatable bonds is 6. The quantitative estimate of drug-likeness (QED) is 0.292. The molecule has 2 rings (SSSR count). The average Bonchev–Trinajstić information content (AvgIpc) is 2.96. The van der Waals surface area contributed by atoms with Gasteiger partial charge in [0.15, 0.2) is 7.00 Å². The maximum absolute atomic E-state index is 12.1. The molecule has 0 amide bonds. The maximum atomic E-state index is 12.1. The van der Waals surface area contributed by atoms with E-state index in [-0.39, 0.29) is 39.6 Å². The van der Waals surface area contributed by atoms with Crippen molar-refractivity contribution >= 4 is 50.3 Å². The number of carbonyl (C=O) groups excluding carboxylic acids is 1. The van der Waals surface area contributed by atoms with Crippen molar-refractivity contribution in [1.82, 2.24) is 0 Å². The Labute approximate surface area is 192 Å². The smallest absolute Gasteiger partial charge is 0.367 e. The van der Waals surface area contributed by atoms with Crippen LogP contribution in [0.5, 0.6) is 0 Å². The molecule has 0 aromatic carbocycles. The molecule has 1 radical (unpaired) electrons. The molecule has 0 spiro atoms. The van der Waals surface area contributed by atoms with Crippen molar-refractivity contribution in [2.24, 2.45) is 0 Å². The summed E-state index contributed by atoms with van der Waals surface area (Å²) in [5, 5.41) is -0.331. The van der Waals surface area contributed by atoms with E-state index >= 15 is 0 Å². The third-order valence-electron chi connectivity index (χ3n) is 6.27. The van der Waals surface area contributed by atoms with Crippen LogP contribution in [0.25, 0.3) is 0 Å². The van der Waals surface area contributed by atoms with E-state index in [0.717, 1.165) is 11.8 Å². The maximum Gasteiger partial charge on any atom is 0.367 e. The highest BCUT2D eigenvalue weighted by Crippen LogP contribution is 2.47. The van der Waals surface area contributed by atoms with Crippen molar-refractivity contribution in [3.63, 3.8) is 0 Å². The summed E-state index contributed by atoms with van der Waals surface area (Å²) in [5.41, 5.74) is 0.968. The van der Waals surface area contributed by atoms with Crippen LogP contribution in [0.3, 0.4) is 0 Å². The summed E-state index contributed by atoms with van der Waals surface area (Å²) in [6.07, 6.45) is 0.485. The Morgan fingerprint density at radius 2 is 1.57 bits per heavy atom. The van der Waals surface area contributed by atoms with Gasteiger partial charge in [0.05, 0.1) is 12.6 Å². The second-order valence-electron chi connectivity index (χ2n) is 9.43. The van der Waals surface area contributed by atoms with E-state index in [2.05, 4.69) is 64.5 Å².